The van der Waals surface area contributed by atoms with Crippen LogP contribution in [0.4, 0.5) is 4.79 Å². The molecule has 1 aromatic heterocycles. The summed E-state index contributed by atoms with van der Waals surface area (Å²) in [6, 6.07) is 30.4. The van der Waals surface area contributed by atoms with Crippen LogP contribution in [-0.4, -0.2) is 23.0 Å². The molecule has 0 spiro atoms. The van der Waals surface area contributed by atoms with Gasteiger partial charge in [-0.15, -0.1) is 0 Å². The number of hydrogen-bond donors (Lipinski definition) is 3. The van der Waals surface area contributed by atoms with Crippen LogP contribution in [0.3, 0.4) is 0 Å². The second kappa shape index (κ2) is 14.1. The molecule has 2 heterocycles. The van der Waals surface area contributed by atoms with Gasteiger partial charge in [0.05, 0.1) is 18.8 Å². The highest BCUT2D eigenvalue weighted by Gasteiger charge is 2.32. The zero-order valence-corrected chi connectivity index (χ0v) is 23.3. The van der Waals surface area contributed by atoms with Crippen LogP contribution in [0.15, 0.2) is 108 Å². The number of hydrogen-bond acceptors (Lipinski definition) is 6. The summed E-state index contributed by atoms with van der Waals surface area (Å²) in [5.74, 6) is 0.595. The van der Waals surface area contributed by atoms with Crippen molar-refractivity contribution in [2.45, 2.75) is 49.6 Å². The number of benzene rings is 3. The van der Waals surface area contributed by atoms with Gasteiger partial charge >= 0.3 is 6.03 Å². The number of carbonyl (C=O) groups excluding carboxylic acids is 1. The Morgan fingerprint density at radius 1 is 0.829 bits per heavy atom. The van der Waals surface area contributed by atoms with Crippen LogP contribution in [0.2, 0.25) is 0 Å². The number of nitrogens with zero attached hydrogens (tertiary/aromatic N) is 1. The molecule has 9 heteroatoms. The number of aliphatic hydroxyl groups excluding tert-OH is 1. The van der Waals surface area contributed by atoms with Crippen LogP contribution in [-0.2, 0) is 29.2 Å². The second-order valence-electron chi connectivity index (χ2n) is 9.79. The van der Waals surface area contributed by atoms with Crippen LogP contribution in [0.5, 0.6) is 0 Å². The lowest BCUT2D eigenvalue weighted by Gasteiger charge is -2.36. The average molecular weight is 572 g/mol. The van der Waals surface area contributed by atoms with Crippen molar-refractivity contribution in [2.75, 3.05) is 5.75 Å². The van der Waals surface area contributed by atoms with E-state index in [1.165, 1.54) is 18.0 Å². The Morgan fingerprint density at radius 2 is 1.46 bits per heavy atom. The zero-order chi connectivity index (χ0) is 28.4. The molecule has 0 saturated carbocycles. The summed E-state index contributed by atoms with van der Waals surface area (Å²) in [4.78, 5) is 12.2. The highest BCUT2D eigenvalue weighted by molar-refractivity contribution is 7.99. The zero-order valence-electron chi connectivity index (χ0n) is 22.5. The number of urea groups is 1. The predicted octanol–water partition coefficient (Wildman–Crippen LogP) is 5.15. The molecule has 3 aromatic carbocycles. The summed E-state index contributed by atoms with van der Waals surface area (Å²) in [5, 5.41) is 27.9. The first-order valence-electron chi connectivity index (χ1n) is 13.5. The smallest absolute Gasteiger partial charge is 0.315 e. The summed E-state index contributed by atoms with van der Waals surface area (Å²) in [7, 11) is 0. The quantitative estimate of drug-likeness (QED) is 0.138. The molecule has 3 atom stereocenters. The van der Waals surface area contributed by atoms with Gasteiger partial charge in [-0.3, -0.25) is 0 Å². The predicted molar refractivity (Wildman–Crippen MR) is 157 cm³/mol. The van der Waals surface area contributed by atoms with Gasteiger partial charge in [0.2, 0.25) is 0 Å². The third-order valence-electron chi connectivity index (χ3n) is 6.82. The van der Waals surface area contributed by atoms with Crippen molar-refractivity contribution >= 4 is 17.8 Å². The first-order valence-corrected chi connectivity index (χ1v) is 14.5. The number of aromatic nitrogens is 1. The van der Waals surface area contributed by atoms with Gasteiger partial charge in [0.15, 0.2) is 12.5 Å². The van der Waals surface area contributed by atoms with E-state index >= 15 is 0 Å². The van der Waals surface area contributed by atoms with Crippen LogP contribution < -0.4 is 15.4 Å². The third kappa shape index (κ3) is 8.08. The van der Waals surface area contributed by atoms with Crippen molar-refractivity contribution in [3.05, 3.63) is 136 Å². The number of thioether (sulfide) groups is 1. The fourth-order valence-electron chi connectivity index (χ4n) is 4.54. The SMILES string of the molecule is O=C(NCc1ccccc1)NCc1ccc([C@H]2O[C@@H](CSc3cccc[n+]3[O-])C[C@@H](c3ccc(CO)cc3)O2)cc1. The van der Waals surface area contributed by atoms with E-state index in [1.54, 1.807) is 12.1 Å². The summed E-state index contributed by atoms with van der Waals surface area (Å²) < 4.78 is 13.6. The fourth-order valence-corrected chi connectivity index (χ4v) is 5.48. The van der Waals surface area contributed by atoms with E-state index in [1.807, 2.05) is 84.9 Å². The van der Waals surface area contributed by atoms with Gasteiger partial charge in [-0.1, -0.05) is 90.6 Å². The third-order valence-corrected chi connectivity index (χ3v) is 7.97. The van der Waals surface area contributed by atoms with Gasteiger partial charge in [-0.2, -0.15) is 4.73 Å². The highest BCUT2D eigenvalue weighted by atomic mass is 32.2. The van der Waals surface area contributed by atoms with E-state index in [-0.39, 0.29) is 24.8 Å². The van der Waals surface area contributed by atoms with Crippen molar-refractivity contribution < 1.29 is 24.1 Å². The van der Waals surface area contributed by atoms with Crippen LogP contribution in [0.1, 0.15) is 46.6 Å². The first-order chi connectivity index (χ1) is 20.1. The minimum atomic E-state index is -0.594. The molecule has 212 valence electrons. The Bertz CT molecular complexity index is 1400. The van der Waals surface area contributed by atoms with E-state index in [2.05, 4.69) is 10.6 Å². The second-order valence-corrected chi connectivity index (χ2v) is 10.8. The molecule has 0 unspecified atom stereocenters. The summed E-state index contributed by atoms with van der Waals surface area (Å²) >= 11 is 1.46. The number of aliphatic hydroxyl groups is 1. The van der Waals surface area contributed by atoms with E-state index in [0.29, 0.717) is 30.3 Å². The number of rotatable bonds is 10. The van der Waals surface area contributed by atoms with E-state index in [9.17, 15) is 15.1 Å². The summed E-state index contributed by atoms with van der Waals surface area (Å²) in [6.45, 7) is 0.835. The maximum atomic E-state index is 12.2. The molecule has 5 rings (SSSR count). The molecule has 4 aromatic rings. The van der Waals surface area contributed by atoms with Gasteiger partial charge in [-0.05, 0) is 28.3 Å². The molecule has 1 aliphatic heterocycles. The lowest BCUT2D eigenvalue weighted by atomic mass is 10.0. The molecule has 1 fully saturated rings. The lowest BCUT2D eigenvalue weighted by Crippen LogP contribution is -2.34. The van der Waals surface area contributed by atoms with E-state index in [4.69, 9.17) is 9.47 Å². The molecule has 3 N–H and O–H groups in total. The van der Waals surface area contributed by atoms with Crippen LogP contribution in [0, 0.1) is 5.21 Å². The van der Waals surface area contributed by atoms with Crippen molar-refractivity contribution in [2.24, 2.45) is 0 Å². The monoisotopic (exact) mass is 571 g/mol. The molecular weight excluding hydrogens is 538 g/mol. The van der Waals surface area contributed by atoms with Crippen molar-refractivity contribution in [3.63, 3.8) is 0 Å². The van der Waals surface area contributed by atoms with Gasteiger partial charge < -0.3 is 30.4 Å². The number of amides is 2. The van der Waals surface area contributed by atoms with E-state index in [0.717, 1.165) is 32.5 Å². The fraction of sp³-hybridized carbons (Fsp3) is 0.250. The Hall–Kier alpha value is -3.89. The van der Waals surface area contributed by atoms with Crippen molar-refractivity contribution in [1.29, 1.82) is 0 Å². The molecule has 41 heavy (non-hydrogen) atoms. The molecule has 1 aliphatic rings. The first kappa shape index (κ1) is 28.6. The minimum Gasteiger partial charge on any atom is -0.618 e. The van der Waals surface area contributed by atoms with Gasteiger partial charge in [-0.25, -0.2) is 4.79 Å². The van der Waals surface area contributed by atoms with E-state index < -0.39 is 6.29 Å². The van der Waals surface area contributed by atoms with Gasteiger partial charge in [0, 0.05) is 43.0 Å². The normalized spacial score (nSPS) is 18.5. The number of pyridine rings is 1. The maximum Gasteiger partial charge on any atom is 0.315 e. The largest absolute Gasteiger partial charge is 0.618 e. The van der Waals surface area contributed by atoms with Gasteiger partial charge in [0.25, 0.3) is 5.03 Å². The molecule has 0 bridgehead atoms. The Morgan fingerprint density at radius 3 is 2.15 bits per heavy atom. The Labute approximate surface area is 243 Å². The number of nitrogens with one attached hydrogen (secondary N) is 2. The number of carbonyl (C=O) groups is 1. The summed E-state index contributed by atoms with van der Waals surface area (Å²) in [5.41, 5.74) is 4.70. The standard InChI is InChI=1S/C32H33N3O5S/c36-21-25-11-13-26(14-12-25)29-18-28(22-41-30-8-4-5-17-35(30)38)39-31(40-29)27-15-9-24(10-16-27)20-34-32(37)33-19-23-6-2-1-3-7-23/h1-17,28-29,31,36H,18-22H2,(H2,33,34,37)/t28-,29+,31+/m1/s1. The van der Waals surface area contributed by atoms with Crippen LogP contribution in [0.25, 0.3) is 0 Å². The van der Waals surface area contributed by atoms with Crippen molar-refractivity contribution in [3.8, 4) is 0 Å². The molecule has 8 nitrogen and oxygen atoms in total. The topological polar surface area (TPSA) is 107 Å². The molecule has 2 amide bonds. The minimum absolute atomic E-state index is 0.0149. The Kier molecular flexibility index (Phi) is 9.87. The molecule has 0 radical (unpaired) electrons. The molecule has 0 aliphatic carbocycles. The molecular formula is C32H33N3O5S. The molecule has 1 saturated heterocycles. The van der Waals surface area contributed by atoms with Crippen molar-refractivity contribution in [1.82, 2.24) is 10.6 Å². The maximum absolute atomic E-state index is 12.2. The lowest BCUT2D eigenvalue weighted by molar-refractivity contribution is -0.645. The summed E-state index contributed by atoms with van der Waals surface area (Å²) in [6.07, 6.45) is 1.16. The average Bonchev–Trinajstić information content (AvgIpc) is 3.03. The van der Waals surface area contributed by atoms with Gasteiger partial charge in [0.1, 0.15) is 0 Å². The number of ether oxygens (including phenoxy) is 2. The highest BCUT2D eigenvalue weighted by Crippen LogP contribution is 2.39. The van der Waals surface area contributed by atoms with Crippen LogP contribution >= 0.6 is 11.8 Å². The Balaban J connectivity index is 1.22.